The Hall–Kier alpha value is -2.68. The maximum absolute atomic E-state index is 12.6. The standard InChI is InChI=1S/C21H21NO6S/c23-19(7-1-16-2-8-20-21(15-16)28-14-13-27-20)17-3-5-18(6-4-17)29(24,25)22-9-11-26-12-10-22/h1-8,15H,9-14H2. The van der Waals surface area contributed by atoms with Crippen molar-refractivity contribution in [3.8, 4) is 11.5 Å². The molecule has 0 bridgehead atoms. The second-order valence-electron chi connectivity index (χ2n) is 6.64. The van der Waals surface area contributed by atoms with E-state index in [0.29, 0.717) is 56.6 Å². The summed E-state index contributed by atoms with van der Waals surface area (Å²) in [5, 5.41) is 0. The van der Waals surface area contributed by atoms with E-state index in [1.165, 1.54) is 34.6 Å². The molecule has 0 aromatic heterocycles. The van der Waals surface area contributed by atoms with E-state index in [1.807, 2.05) is 18.2 Å². The predicted octanol–water partition coefficient (Wildman–Crippen LogP) is 2.37. The van der Waals surface area contributed by atoms with E-state index in [9.17, 15) is 13.2 Å². The van der Waals surface area contributed by atoms with Gasteiger partial charge in [0.05, 0.1) is 18.1 Å². The molecule has 2 heterocycles. The summed E-state index contributed by atoms with van der Waals surface area (Å²) in [5.41, 5.74) is 1.23. The number of morpholine rings is 1. The van der Waals surface area contributed by atoms with Crippen molar-refractivity contribution in [1.29, 1.82) is 0 Å². The highest BCUT2D eigenvalue weighted by atomic mass is 32.2. The first-order valence-electron chi connectivity index (χ1n) is 9.34. The van der Waals surface area contributed by atoms with Crippen LogP contribution in [-0.2, 0) is 14.8 Å². The maximum atomic E-state index is 12.6. The highest BCUT2D eigenvalue weighted by Crippen LogP contribution is 2.31. The van der Waals surface area contributed by atoms with Crippen LogP contribution in [-0.4, -0.2) is 58.0 Å². The molecule has 0 spiro atoms. The molecule has 0 radical (unpaired) electrons. The summed E-state index contributed by atoms with van der Waals surface area (Å²) < 4.78 is 42.9. The number of fused-ring (bicyclic) bond motifs is 1. The number of ether oxygens (including phenoxy) is 3. The zero-order valence-electron chi connectivity index (χ0n) is 15.7. The minimum Gasteiger partial charge on any atom is -0.486 e. The Labute approximate surface area is 169 Å². The molecule has 0 unspecified atom stereocenters. The number of hydrogen-bond donors (Lipinski definition) is 0. The van der Waals surface area contributed by atoms with Gasteiger partial charge >= 0.3 is 0 Å². The van der Waals surface area contributed by atoms with Crippen molar-refractivity contribution in [1.82, 2.24) is 4.31 Å². The first-order chi connectivity index (χ1) is 14.0. The third-order valence-corrected chi connectivity index (χ3v) is 6.65. The number of nitrogens with zero attached hydrogens (tertiary/aromatic N) is 1. The van der Waals surface area contributed by atoms with E-state index in [1.54, 1.807) is 6.08 Å². The highest BCUT2D eigenvalue weighted by molar-refractivity contribution is 7.89. The molecule has 2 aromatic carbocycles. The topological polar surface area (TPSA) is 82.1 Å². The van der Waals surface area contributed by atoms with Crippen LogP contribution in [0.3, 0.4) is 0 Å². The van der Waals surface area contributed by atoms with Crippen LogP contribution < -0.4 is 9.47 Å². The Morgan fingerprint density at radius 1 is 0.897 bits per heavy atom. The maximum Gasteiger partial charge on any atom is 0.243 e. The Morgan fingerprint density at radius 3 is 2.31 bits per heavy atom. The van der Waals surface area contributed by atoms with Gasteiger partial charge in [-0.15, -0.1) is 0 Å². The first kappa shape index (κ1) is 19.6. The van der Waals surface area contributed by atoms with Gasteiger partial charge in [0.1, 0.15) is 13.2 Å². The van der Waals surface area contributed by atoms with Gasteiger partial charge in [0.25, 0.3) is 0 Å². The van der Waals surface area contributed by atoms with Crippen molar-refractivity contribution in [3.05, 3.63) is 59.7 Å². The SMILES string of the molecule is O=C(C=Cc1ccc2c(c1)OCCO2)c1ccc(S(=O)(=O)N2CCOCC2)cc1. The van der Waals surface area contributed by atoms with Gasteiger partial charge in [-0.25, -0.2) is 8.42 Å². The number of hydrogen-bond acceptors (Lipinski definition) is 6. The smallest absolute Gasteiger partial charge is 0.243 e. The minimum atomic E-state index is -3.57. The van der Waals surface area contributed by atoms with Gasteiger partial charge in [0.15, 0.2) is 17.3 Å². The molecule has 0 amide bonds. The van der Waals surface area contributed by atoms with E-state index in [0.717, 1.165) is 5.56 Å². The van der Waals surface area contributed by atoms with Gasteiger partial charge in [-0.2, -0.15) is 4.31 Å². The molecule has 0 saturated carbocycles. The minimum absolute atomic E-state index is 0.173. The molecule has 29 heavy (non-hydrogen) atoms. The summed E-state index contributed by atoms with van der Waals surface area (Å²) in [6.07, 6.45) is 3.15. The Balaban J connectivity index is 1.46. The summed E-state index contributed by atoms with van der Waals surface area (Å²) in [5.74, 6) is 1.13. The summed E-state index contributed by atoms with van der Waals surface area (Å²) in [6, 6.07) is 11.5. The summed E-state index contributed by atoms with van der Waals surface area (Å²) in [7, 11) is -3.57. The lowest BCUT2D eigenvalue weighted by Gasteiger charge is -2.26. The number of allylic oxidation sites excluding steroid dienone is 1. The Morgan fingerprint density at radius 2 is 1.59 bits per heavy atom. The predicted molar refractivity (Wildman–Crippen MR) is 107 cm³/mol. The van der Waals surface area contributed by atoms with Crippen molar-refractivity contribution in [2.45, 2.75) is 4.90 Å². The van der Waals surface area contributed by atoms with Crippen LogP contribution in [0.25, 0.3) is 6.08 Å². The molecular formula is C21H21NO6S. The van der Waals surface area contributed by atoms with Crippen LogP contribution in [0.5, 0.6) is 11.5 Å². The number of rotatable bonds is 5. The molecule has 7 nitrogen and oxygen atoms in total. The average Bonchev–Trinajstić information content (AvgIpc) is 2.78. The van der Waals surface area contributed by atoms with Crippen LogP contribution in [0.15, 0.2) is 53.4 Å². The lowest BCUT2D eigenvalue weighted by Crippen LogP contribution is -2.40. The van der Waals surface area contributed by atoms with Gasteiger partial charge < -0.3 is 14.2 Å². The van der Waals surface area contributed by atoms with E-state index < -0.39 is 10.0 Å². The van der Waals surface area contributed by atoms with Crippen LogP contribution in [0.4, 0.5) is 0 Å². The lowest BCUT2D eigenvalue weighted by molar-refractivity contribution is 0.0730. The first-order valence-corrected chi connectivity index (χ1v) is 10.8. The van der Waals surface area contributed by atoms with Crippen molar-refractivity contribution in [2.24, 2.45) is 0 Å². The van der Waals surface area contributed by atoms with Crippen LogP contribution in [0.2, 0.25) is 0 Å². The molecule has 1 saturated heterocycles. The molecule has 0 atom stereocenters. The third-order valence-electron chi connectivity index (χ3n) is 4.74. The molecule has 8 heteroatoms. The Bertz CT molecular complexity index is 1020. The van der Waals surface area contributed by atoms with Crippen molar-refractivity contribution >= 4 is 21.9 Å². The van der Waals surface area contributed by atoms with Gasteiger partial charge in [-0.3, -0.25) is 4.79 Å². The number of ketones is 1. The van der Waals surface area contributed by atoms with Crippen molar-refractivity contribution in [3.63, 3.8) is 0 Å². The van der Waals surface area contributed by atoms with E-state index in [4.69, 9.17) is 14.2 Å². The molecular weight excluding hydrogens is 394 g/mol. The molecule has 1 fully saturated rings. The molecule has 2 aromatic rings. The zero-order valence-corrected chi connectivity index (χ0v) is 16.6. The Kier molecular flexibility index (Phi) is 5.66. The second-order valence-corrected chi connectivity index (χ2v) is 8.58. The van der Waals surface area contributed by atoms with Gasteiger partial charge in [0.2, 0.25) is 10.0 Å². The van der Waals surface area contributed by atoms with Crippen LogP contribution >= 0.6 is 0 Å². The number of carbonyl (C=O) groups is 1. The van der Waals surface area contributed by atoms with Gasteiger partial charge in [0, 0.05) is 18.7 Å². The quantitative estimate of drug-likeness (QED) is 0.551. The molecule has 152 valence electrons. The van der Waals surface area contributed by atoms with E-state index in [-0.39, 0.29) is 10.7 Å². The van der Waals surface area contributed by atoms with Gasteiger partial charge in [-0.1, -0.05) is 12.1 Å². The largest absolute Gasteiger partial charge is 0.486 e. The normalized spacial score (nSPS) is 17.4. The third kappa shape index (κ3) is 4.34. The van der Waals surface area contributed by atoms with E-state index in [2.05, 4.69) is 0 Å². The van der Waals surface area contributed by atoms with E-state index >= 15 is 0 Å². The highest BCUT2D eigenvalue weighted by Gasteiger charge is 2.26. The molecule has 2 aliphatic heterocycles. The average molecular weight is 415 g/mol. The fourth-order valence-corrected chi connectivity index (χ4v) is 4.57. The summed E-state index contributed by atoms with van der Waals surface area (Å²) >= 11 is 0. The fourth-order valence-electron chi connectivity index (χ4n) is 3.16. The summed E-state index contributed by atoms with van der Waals surface area (Å²) in [4.78, 5) is 12.6. The van der Waals surface area contributed by atoms with Crippen LogP contribution in [0.1, 0.15) is 15.9 Å². The lowest BCUT2D eigenvalue weighted by atomic mass is 10.1. The molecule has 0 aliphatic carbocycles. The van der Waals surface area contributed by atoms with Crippen molar-refractivity contribution < 1.29 is 27.4 Å². The zero-order chi connectivity index (χ0) is 20.3. The number of benzene rings is 2. The molecule has 2 aliphatic rings. The number of carbonyl (C=O) groups excluding carboxylic acids is 1. The van der Waals surface area contributed by atoms with Crippen molar-refractivity contribution in [2.75, 3.05) is 39.5 Å². The van der Waals surface area contributed by atoms with Crippen LogP contribution in [0, 0.1) is 0 Å². The van der Waals surface area contributed by atoms with Gasteiger partial charge in [-0.05, 0) is 48.0 Å². The molecule has 0 N–H and O–H groups in total. The monoisotopic (exact) mass is 415 g/mol. The fraction of sp³-hybridized carbons (Fsp3) is 0.286. The summed E-state index contributed by atoms with van der Waals surface area (Å²) in [6.45, 7) is 2.47. The molecule has 4 rings (SSSR count). The number of sulfonamides is 1. The second kappa shape index (κ2) is 8.36.